The van der Waals surface area contributed by atoms with Gasteiger partial charge in [0.2, 0.25) is 11.8 Å². The maximum Gasteiger partial charge on any atom is 0.219 e. The first-order valence-electron chi connectivity index (χ1n) is 13.6. The van der Waals surface area contributed by atoms with Crippen molar-refractivity contribution in [3.63, 3.8) is 0 Å². The number of ether oxygens (including phenoxy) is 1. The van der Waals surface area contributed by atoms with Crippen LogP contribution >= 0.6 is 11.6 Å². The van der Waals surface area contributed by atoms with E-state index < -0.39 is 5.83 Å². The highest BCUT2D eigenvalue weighted by Crippen LogP contribution is 2.41. The molecule has 1 amide bonds. The maximum atomic E-state index is 16.7. The lowest BCUT2D eigenvalue weighted by atomic mass is 9.90. The second-order valence-electron chi connectivity index (χ2n) is 10.6. The number of halogens is 2. The topological polar surface area (TPSA) is 48.4 Å². The summed E-state index contributed by atoms with van der Waals surface area (Å²) in [6.07, 6.45) is 2.58. The van der Waals surface area contributed by atoms with Gasteiger partial charge in [0, 0.05) is 56.0 Å². The summed E-state index contributed by atoms with van der Waals surface area (Å²) in [5.41, 5.74) is 2.54. The van der Waals surface area contributed by atoms with Crippen molar-refractivity contribution >= 4 is 39.6 Å². The van der Waals surface area contributed by atoms with Crippen LogP contribution in [0, 0.1) is 0 Å². The van der Waals surface area contributed by atoms with Gasteiger partial charge >= 0.3 is 0 Å². The van der Waals surface area contributed by atoms with E-state index in [1.165, 1.54) is 0 Å². The molecular weight excluding hydrogens is 527 g/mol. The molecule has 0 saturated carbocycles. The predicted octanol–water partition coefficient (Wildman–Crippen LogP) is 6.36. The minimum absolute atomic E-state index is 0.0202. The van der Waals surface area contributed by atoms with E-state index in [4.69, 9.17) is 16.3 Å². The van der Waals surface area contributed by atoms with Gasteiger partial charge in [-0.05, 0) is 63.4 Å². The molecule has 1 atom stereocenters. The van der Waals surface area contributed by atoms with E-state index in [2.05, 4.69) is 21.4 Å². The van der Waals surface area contributed by atoms with Crippen LogP contribution in [0.2, 0.25) is 0 Å². The number of rotatable bonds is 8. The SMILES string of the molecule is C=C(/N=C1/C(F)=C(c2cccc3ccccc23)C(Cl)=C/C1=C(/C)N1CCN(C(C)=O)C(C)C1)OCCCN(C)C. The highest BCUT2D eigenvalue weighted by atomic mass is 35.5. The Morgan fingerprint density at radius 3 is 2.60 bits per heavy atom. The Labute approximate surface area is 241 Å². The largest absolute Gasteiger partial charge is 0.478 e. The molecule has 4 rings (SSSR count). The van der Waals surface area contributed by atoms with Crippen molar-refractivity contribution in [3.05, 3.63) is 88.7 Å². The molecule has 1 heterocycles. The van der Waals surface area contributed by atoms with E-state index in [0.717, 1.165) is 29.4 Å². The van der Waals surface area contributed by atoms with Gasteiger partial charge in [0.05, 0.1) is 11.6 Å². The molecule has 40 heavy (non-hydrogen) atoms. The Kier molecular flexibility index (Phi) is 9.48. The summed E-state index contributed by atoms with van der Waals surface area (Å²) in [4.78, 5) is 22.7. The van der Waals surface area contributed by atoms with Crippen LogP contribution in [0.3, 0.4) is 0 Å². The fourth-order valence-corrected chi connectivity index (χ4v) is 5.61. The van der Waals surface area contributed by atoms with Gasteiger partial charge in [-0.15, -0.1) is 0 Å². The zero-order chi connectivity index (χ0) is 29.0. The van der Waals surface area contributed by atoms with Crippen LogP contribution in [0.15, 0.2) is 88.1 Å². The fourth-order valence-electron chi connectivity index (χ4n) is 5.31. The van der Waals surface area contributed by atoms with E-state index in [1.54, 1.807) is 13.0 Å². The van der Waals surface area contributed by atoms with Crippen molar-refractivity contribution in [3.8, 4) is 0 Å². The van der Waals surface area contributed by atoms with Gasteiger partial charge in [0.15, 0.2) is 5.83 Å². The van der Waals surface area contributed by atoms with Crippen molar-refractivity contribution in [1.29, 1.82) is 0 Å². The predicted molar refractivity (Wildman–Crippen MR) is 163 cm³/mol. The molecule has 6 nitrogen and oxygen atoms in total. The van der Waals surface area contributed by atoms with Crippen LogP contribution in [0.4, 0.5) is 4.39 Å². The van der Waals surface area contributed by atoms with E-state index in [9.17, 15) is 4.79 Å². The van der Waals surface area contributed by atoms with Gasteiger partial charge in [-0.3, -0.25) is 4.79 Å². The molecule has 2 aromatic carbocycles. The first-order chi connectivity index (χ1) is 19.1. The molecule has 2 aromatic rings. The molecule has 1 fully saturated rings. The summed E-state index contributed by atoms with van der Waals surface area (Å²) in [7, 11) is 4.00. The highest BCUT2D eigenvalue weighted by Gasteiger charge is 2.31. The zero-order valence-corrected chi connectivity index (χ0v) is 24.8. The number of carbonyl (C=O) groups is 1. The Morgan fingerprint density at radius 1 is 1.18 bits per heavy atom. The first-order valence-corrected chi connectivity index (χ1v) is 14.0. The lowest BCUT2D eigenvalue weighted by molar-refractivity contribution is -0.132. The number of amides is 1. The zero-order valence-electron chi connectivity index (χ0n) is 24.0. The lowest BCUT2D eigenvalue weighted by Gasteiger charge is -2.41. The van der Waals surface area contributed by atoms with Crippen LogP contribution in [0.5, 0.6) is 0 Å². The molecule has 0 aromatic heterocycles. The van der Waals surface area contributed by atoms with Gasteiger partial charge in [0.25, 0.3) is 0 Å². The van der Waals surface area contributed by atoms with Crippen LogP contribution in [-0.4, -0.2) is 79.2 Å². The molecule has 1 saturated heterocycles. The molecule has 0 radical (unpaired) electrons. The average Bonchev–Trinajstić information content (AvgIpc) is 2.92. The van der Waals surface area contributed by atoms with E-state index >= 15 is 4.39 Å². The normalized spacial score (nSPS) is 20.4. The number of fused-ring (bicyclic) bond motifs is 1. The number of allylic oxidation sites excluding steroid dienone is 6. The van der Waals surface area contributed by atoms with Crippen molar-refractivity contribution < 1.29 is 13.9 Å². The van der Waals surface area contributed by atoms with Crippen molar-refractivity contribution in [2.75, 3.05) is 46.9 Å². The molecule has 2 aliphatic rings. The Balaban J connectivity index is 1.77. The molecule has 212 valence electrons. The molecule has 0 bridgehead atoms. The minimum atomic E-state index is -0.522. The van der Waals surface area contributed by atoms with E-state index in [0.29, 0.717) is 48.0 Å². The number of nitrogens with zero attached hydrogens (tertiary/aromatic N) is 4. The average molecular weight is 565 g/mol. The number of hydrogen-bond acceptors (Lipinski definition) is 5. The standard InChI is InChI=1S/C32H38ClFN4O2/c1-21-20-37(16-17-38(21)24(4)39)22(2)28-19-29(33)30(27-14-9-12-25-11-7-8-13-26(25)27)31(34)32(28)35-23(3)40-18-10-15-36(5)6/h7-9,11-14,19,21H,3,10,15-18,20H2,1-2,4-6H3/b28-22+,35-32+. The fraction of sp³-hybridized carbons (Fsp3) is 0.375. The van der Waals surface area contributed by atoms with Crippen LogP contribution in [0.1, 0.15) is 32.8 Å². The van der Waals surface area contributed by atoms with Gasteiger partial charge in [-0.2, -0.15) is 0 Å². The van der Waals surface area contributed by atoms with Crippen molar-refractivity contribution in [2.45, 2.75) is 33.2 Å². The molecule has 1 aliphatic heterocycles. The Bertz CT molecular complexity index is 1420. The minimum Gasteiger partial charge on any atom is -0.478 e. The van der Waals surface area contributed by atoms with Gasteiger partial charge in [-0.1, -0.05) is 54.1 Å². The molecular formula is C32H38ClFN4O2. The monoisotopic (exact) mass is 564 g/mol. The number of piperazine rings is 1. The number of hydrogen-bond donors (Lipinski definition) is 0. The molecule has 1 aliphatic carbocycles. The summed E-state index contributed by atoms with van der Waals surface area (Å²) in [5.74, 6) is -0.323. The molecule has 1 unspecified atom stereocenters. The van der Waals surface area contributed by atoms with Crippen molar-refractivity contribution in [2.24, 2.45) is 4.99 Å². The van der Waals surface area contributed by atoms with E-state index in [1.807, 2.05) is 75.3 Å². The summed E-state index contributed by atoms with van der Waals surface area (Å²) in [6, 6.07) is 13.6. The smallest absolute Gasteiger partial charge is 0.219 e. The van der Waals surface area contributed by atoms with Crippen LogP contribution < -0.4 is 0 Å². The van der Waals surface area contributed by atoms with Crippen molar-refractivity contribution in [1.82, 2.24) is 14.7 Å². The third kappa shape index (κ3) is 6.48. The summed E-state index contributed by atoms with van der Waals surface area (Å²) in [6.45, 7) is 12.6. The summed E-state index contributed by atoms with van der Waals surface area (Å²) < 4.78 is 22.4. The number of benzene rings is 2. The lowest BCUT2D eigenvalue weighted by Crippen LogP contribution is -2.53. The first kappa shape index (κ1) is 29.6. The molecule has 8 heteroatoms. The van der Waals surface area contributed by atoms with Crippen LogP contribution in [-0.2, 0) is 9.53 Å². The number of carbonyl (C=O) groups excluding carboxylic acids is 1. The second-order valence-corrected chi connectivity index (χ2v) is 11.0. The van der Waals surface area contributed by atoms with E-state index in [-0.39, 0.29) is 23.5 Å². The second kappa shape index (κ2) is 12.8. The Hall–Kier alpha value is -3.42. The number of aliphatic imine (C=N–C) groups is 1. The molecule has 0 spiro atoms. The highest BCUT2D eigenvalue weighted by molar-refractivity contribution is 6.41. The van der Waals surface area contributed by atoms with Gasteiger partial charge in [-0.25, -0.2) is 9.38 Å². The van der Waals surface area contributed by atoms with Gasteiger partial charge in [0.1, 0.15) is 5.71 Å². The van der Waals surface area contributed by atoms with Crippen LogP contribution in [0.25, 0.3) is 16.3 Å². The third-order valence-electron chi connectivity index (χ3n) is 7.40. The summed E-state index contributed by atoms with van der Waals surface area (Å²) in [5, 5.41) is 2.19. The van der Waals surface area contributed by atoms with Gasteiger partial charge < -0.3 is 19.4 Å². The maximum absolute atomic E-state index is 16.7. The quantitative estimate of drug-likeness (QED) is 0.276. The molecule has 0 N–H and O–H groups in total. The Morgan fingerprint density at radius 2 is 1.90 bits per heavy atom. The summed E-state index contributed by atoms with van der Waals surface area (Å²) >= 11 is 6.86. The third-order valence-corrected chi connectivity index (χ3v) is 7.70.